The lowest BCUT2D eigenvalue weighted by Gasteiger charge is -2.06. The minimum atomic E-state index is -0.478. The lowest BCUT2D eigenvalue weighted by Crippen LogP contribution is -2.01. The van der Waals surface area contributed by atoms with Crippen LogP contribution in [0.4, 0.5) is 11.4 Å². The van der Waals surface area contributed by atoms with E-state index >= 15 is 0 Å². The van der Waals surface area contributed by atoms with Gasteiger partial charge in [-0.2, -0.15) is 0 Å². The van der Waals surface area contributed by atoms with Crippen molar-refractivity contribution >= 4 is 33.9 Å². The van der Waals surface area contributed by atoms with Gasteiger partial charge in [0.2, 0.25) is 0 Å². The largest absolute Gasteiger partial charge is 0.366 e. The van der Waals surface area contributed by atoms with Crippen LogP contribution in [0.15, 0.2) is 30.5 Å². The van der Waals surface area contributed by atoms with Crippen LogP contribution in [0.2, 0.25) is 0 Å². The Labute approximate surface area is 96.2 Å². The molecule has 1 N–H and O–H groups in total. The summed E-state index contributed by atoms with van der Waals surface area (Å²) < 4.78 is 0. The number of anilines is 1. The van der Waals surface area contributed by atoms with Crippen molar-refractivity contribution in [2.24, 2.45) is 0 Å². The molecule has 0 aliphatic heterocycles. The molecule has 0 bridgehead atoms. The Morgan fingerprint density at radius 1 is 1.44 bits per heavy atom. The lowest BCUT2D eigenvalue weighted by molar-refractivity contribution is -0.384. The first-order chi connectivity index (χ1) is 7.74. The van der Waals surface area contributed by atoms with E-state index in [-0.39, 0.29) is 11.7 Å². The molecule has 1 heterocycles. The standard InChI is InChI=1S/C10H8ClN3O2/c11-6-13-10-7-3-1-2-4-8(7)12-5-9(10)14(15)16/h1-5H,6H2,(H,12,13). The Balaban J connectivity index is 2.73. The molecule has 0 saturated carbocycles. The molecule has 0 spiro atoms. The summed E-state index contributed by atoms with van der Waals surface area (Å²) >= 11 is 5.56. The van der Waals surface area contributed by atoms with Crippen LogP contribution in [-0.2, 0) is 0 Å². The van der Waals surface area contributed by atoms with Gasteiger partial charge in [0.05, 0.1) is 16.4 Å². The molecule has 0 aliphatic rings. The van der Waals surface area contributed by atoms with Crippen LogP contribution in [-0.4, -0.2) is 15.9 Å². The van der Waals surface area contributed by atoms with Gasteiger partial charge in [0.15, 0.2) is 0 Å². The Morgan fingerprint density at radius 2 is 2.19 bits per heavy atom. The molecule has 0 unspecified atom stereocenters. The second kappa shape index (κ2) is 4.32. The van der Waals surface area contributed by atoms with Crippen molar-refractivity contribution in [2.45, 2.75) is 0 Å². The summed E-state index contributed by atoms with van der Waals surface area (Å²) in [6.45, 7) is 0. The average molecular weight is 238 g/mol. The van der Waals surface area contributed by atoms with Crippen LogP contribution in [0.25, 0.3) is 10.9 Å². The fourth-order valence-electron chi connectivity index (χ4n) is 1.52. The molecule has 0 saturated heterocycles. The first-order valence-electron chi connectivity index (χ1n) is 4.56. The normalized spacial score (nSPS) is 10.3. The number of nitrogens with one attached hydrogen (secondary N) is 1. The lowest BCUT2D eigenvalue weighted by atomic mass is 10.1. The molecule has 0 fully saturated rings. The SMILES string of the molecule is O=[N+]([O-])c1cnc2ccccc2c1NCCl. The number of aromatic nitrogens is 1. The molecule has 0 atom stereocenters. The first-order valence-corrected chi connectivity index (χ1v) is 5.09. The Hall–Kier alpha value is -1.88. The van der Waals surface area contributed by atoms with E-state index in [1.165, 1.54) is 6.20 Å². The van der Waals surface area contributed by atoms with E-state index in [0.717, 1.165) is 0 Å². The third-order valence-electron chi connectivity index (χ3n) is 2.20. The molecule has 2 rings (SSSR count). The molecule has 1 aromatic heterocycles. The zero-order chi connectivity index (χ0) is 11.5. The zero-order valence-corrected chi connectivity index (χ0v) is 8.94. The molecular formula is C10H8ClN3O2. The second-order valence-electron chi connectivity index (χ2n) is 3.10. The number of nitrogens with zero attached hydrogens (tertiary/aromatic N) is 2. The van der Waals surface area contributed by atoms with Gasteiger partial charge in [-0.05, 0) is 6.07 Å². The Bertz CT molecular complexity index is 545. The molecule has 0 amide bonds. The van der Waals surface area contributed by atoms with E-state index in [0.29, 0.717) is 16.6 Å². The number of nitro groups is 1. The van der Waals surface area contributed by atoms with Gasteiger partial charge in [0, 0.05) is 5.39 Å². The molecular weight excluding hydrogens is 230 g/mol. The van der Waals surface area contributed by atoms with Crippen molar-refractivity contribution in [3.63, 3.8) is 0 Å². The Kier molecular flexibility index (Phi) is 2.87. The highest BCUT2D eigenvalue weighted by atomic mass is 35.5. The van der Waals surface area contributed by atoms with Crippen molar-refractivity contribution in [3.8, 4) is 0 Å². The van der Waals surface area contributed by atoms with E-state index in [4.69, 9.17) is 11.6 Å². The molecule has 82 valence electrons. The number of fused-ring (bicyclic) bond motifs is 1. The number of alkyl halides is 1. The minimum Gasteiger partial charge on any atom is -0.366 e. The predicted molar refractivity (Wildman–Crippen MR) is 62.7 cm³/mol. The van der Waals surface area contributed by atoms with Crippen molar-refractivity contribution < 1.29 is 4.92 Å². The van der Waals surface area contributed by atoms with Gasteiger partial charge in [-0.15, -0.1) is 11.6 Å². The van der Waals surface area contributed by atoms with E-state index < -0.39 is 4.92 Å². The van der Waals surface area contributed by atoms with Crippen LogP contribution in [0, 0.1) is 10.1 Å². The van der Waals surface area contributed by atoms with Crippen LogP contribution in [0.3, 0.4) is 0 Å². The number of hydrogen-bond acceptors (Lipinski definition) is 4. The summed E-state index contributed by atoms with van der Waals surface area (Å²) in [6, 6.07) is 7.29. The second-order valence-corrected chi connectivity index (χ2v) is 3.37. The summed E-state index contributed by atoms with van der Waals surface area (Å²) in [7, 11) is 0. The zero-order valence-electron chi connectivity index (χ0n) is 8.18. The van der Waals surface area contributed by atoms with Crippen molar-refractivity contribution in [3.05, 3.63) is 40.6 Å². The van der Waals surface area contributed by atoms with Crippen LogP contribution in [0.1, 0.15) is 0 Å². The van der Waals surface area contributed by atoms with E-state index in [2.05, 4.69) is 10.3 Å². The van der Waals surface area contributed by atoms with Crippen molar-refractivity contribution in [1.82, 2.24) is 4.98 Å². The molecule has 0 radical (unpaired) electrons. The smallest absolute Gasteiger partial charge is 0.311 e. The maximum atomic E-state index is 10.8. The molecule has 16 heavy (non-hydrogen) atoms. The third kappa shape index (κ3) is 1.77. The summed E-state index contributed by atoms with van der Waals surface area (Å²) in [5, 5.41) is 14.3. The van der Waals surface area contributed by atoms with Gasteiger partial charge in [-0.3, -0.25) is 10.1 Å². The summed E-state index contributed by atoms with van der Waals surface area (Å²) in [5.74, 6) is 0. The topological polar surface area (TPSA) is 68.1 Å². The molecule has 5 nitrogen and oxygen atoms in total. The van der Waals surface area contributed by atoms with Gasteiger partial charge >= 0.3 is 5.69 Å². The quantitative estimate of drug-likeness (QED) is 0.386. The summed E-state index contributed by atoms with van der Waals surface area (Å²) in [6.07, 6.45) is 1.23. The number of halogens is 1. The third-order valence-corrected chi connectivity index (χ3v) is 2.33. The minimum absolute atomic E-state index is 0.0700. The number of rotatable bonds is 3. The van der Waals surface area contributed by atoms with E-state index in [1.807, 2.05) is 6.07 Å². The van der Waals surface area contributed by atoms with Crippen LogP contribution >= 0.6 is 11.6 Å². The van der Waals surface area contributed by atoms with E-state index in [9.17, 15) is 10.1 Å². The molecule has 1 aromatic carbocycles. The average Bonchev–Trinajstić information content (AvgIpc) is 2.29. The van der Waals surface area contributed by atoms with Crippen LogP contribution in [0.5, 0.6) is 0 Å². The van der Waals surface area contributed by atoms with Gasteiger partial charge < -0.3 is 5.32 Å². The predicted octanol–water partition coefficient (Wildman–Crippen LogP) is 2.75. The van der Waals surface area contributed by atoms with Gasteiger partial charge in [0.25, 0.3) is 0 Å². The maximum absolute atomic E-state index is 10.8. The number of pyridine rings is 1. The summed E-state index contributed by atoms with van der Waals surface area (Å²) in [5.41, 5.74) is 1.03. The maximum Gasteiger partial charge on any atom is 0.311 e. The van der Waals surface area contributed by atoms with Gasteiger partial charge in [-0.1, -0.05) is 18.2 Å². The number of para-hydroxylation sites is 1. The monoisotopic (exact) mass is 237 g/mol. The molecule has 6 heteroatoms. The van der Waals surface area contributed by atoms with Gasteiger partial charge in [-0.25, -0.2) is 4.98 Å². The van der Waals surface area contributed by atoms with Crippen molar-refractivity contribution in [2.75, 3.05) is 11.3 Å². The highest BCUT2D eigenvalue weighted by Gasteiger charge is 2.16. The van der Waals surface area contributed by atoms with Crippen LogP contribution < -0.4 is 5.32 Å². The number of hydrogen-bond donors (Lipinski definition) is 1. The molecule has 2 aromatic rings. The molecule has 0 aliphatic carbocycles. The highest BCUT2D eigenvalue weighted by Crippen LogP contribution is 2.31. The van der Waals surface area contributed by atoms with Gasteiger partial charge in [0.1, 0.15) is 11.9 Å². The number of benzene rings is 1. The van der Waals surface area contributed by atoms with E-state index in [1.54, 1.807) is 18.2 Å². The summed E-state index contributed by atoms with van der Waals surface area (Å²) in [4.78, 5) is 14.4. The fraction of sp³-hybridized carbons (Fsp3) is 0.100. The Morgan fingerprint density at radius 3 is 2.88 bits per heavy atom. The van der Waals surface area contributed by atoms with Crippen molar-refractivity contribution in [1.29, 1.82) is 0 Å². The highest BCUT2D eigenvalue weighted by molar-refractivity contribution is 6.19. The fourth-order valence-corrected chi connectivity index (χ4v) is 1.66. The first kappa shape index (κ1) is 10.6.